The third kappa shape index (κ3) is 5.00. The minimum Gasteiger partial charge on any atom is -0.507 e. The Morgan fingerprint density at radius 1 is 1.26 bits per heavy atom. The van der Waals surface area contributed by atoms with Crippen molar-refractivity contribution in [2.75, 3.05) is 13.6 Å². The number of phenols is 1. The van der Waals surface area contributed by atoms with Gasteiger partial charge in [-0.3, -0.25) is 4.79 Å². The maximum Gasteiger partial charge on any atom is 0.341 e. The second-order valence-corrected chi connectivity index (χ2v) is 10.9. The van der Waals surface area contributed by atoms with E-state index in [0.717, 1.165) is 11.1 Å². The quantitative estimate of drug-likeness (QED) is 0.191. The second-order valence-electron chi connectivity index (χ2n) is 10.9. The van der Waals surface area contributed by atoms with Gasteiger partial charge in [-0.05, 0) is 45.5 Å². The molecule has 208 valence electrons. The predicted octanol–water partition coefficient (Wildman–Crippen LogP) is 2.34. The summed E-state index contributed by atoms with van der Waals surface area (Å²) in [6.45, 7) is 5.84. The van der Waals surface area contributed by atoms with Gasteiger partial charge in [0.2, 0.25) is 0 Å². The molecule has 0 bridgehead atoms. The fourth-order valence-corrected chi connectivity index (χ4v) is 5.30. The minimum atomic E-state index is -1.12. The topological polar surface area (TPSA) is 163 Å². The van der Waals surface area contributed by atoms with Crippen molar-refractivity contribution in [2.24, 2.45) is 11.5 Å². The highest BCUT2D eigenvalue weighted by atomic mass is 16.7. The van der Waals surface area contributed by atoms with Gasteiger partial charge in [0.15, 0.2) is 11.0 Å². The van der Waals surface area contributed by atoms with E-state index in [0.29, 0.717) is 36.5 Å². The van der Waals surface area contributed by atoms with Gasteiger partial charge in [-0.15, -0.1) is 0 Å². The number of nitrogens with one attached hydrogen (secondary N) is 1. The van der Waals surface area contributed by atoms with Gasteiger partial charge in [0.1, 0.15) is 46.0 Å². The smallest absolute Gasteiger partial charge is 0.341 e. The van der Waals surface area contributed by atoms with E-state index in [4.69, 9.17) is 30.1 Å². The number of phenolic OH excluding ortho intramolecular Hbond substituents is 1. The highest BCUT2D eigenvalue weighted by Crippen LogP contribution is 2.46. The molecule has 39 heavy (non-hydrogen) atoms. The van der Waals surface area contributed by atoms with Crippen LogP contribution in [0.4, 0.5) is 0 Å². The highest BCUT2D eigenvalue weighted by molar-refractivity contribution is 5.87. The normalized spacial score (nSPS) is 23.4. The van der Waals surface area contributed by atoms with Crippen LogP contribution in [0.5, 0.6) is 11.5 Å². The number of epoxide rings is 1. The average Bonchev–Trinajstić information content (AvgIpc) is 3.56. The largest absolute Gasteiger partial charge is 0.507 e. The SMILES string of the molecule is CNCCC1(C(=O)OC2Cc3c(cc4oc(C)cc(=O)c4c3O)OC2(C)C)OC1Cc1cccc(C(N)N)c1. The Morgan fingerprint density at radius 2 is 2.03 bits per heavy atom. The van der Waals surface area contributed by atoms with Crippen molar-refractivity contribution >= 4 is 16.9 Å². The van der Waals surface area contributed by atoms with Crippen molar-refractivity contribution < 1.29 is 28.5 Å². The number of aromatic hydroxyl groups is 1. The van der Waals surface area contributed by atoms with Crippen LogP contribution in [-0.2, 0) is 27.1 Å². The molecule has 0 spiro atoms. The summed E-state index contributed by atoms with van der Waals surface area (Å²) in [7, 11) is 1.81. The van der Waals surface area contributed by atoms with E-state index in [-0.39, 0.29) is 34.7 Å². The van der Waals surface area contributed by atoms with Gasteiger partial charge in [0.25, 0.3) is 0 Å². The molecule has 1 fully saturated rings. The lowest BCUT2D eigenvalue weighted by Crippen LogP contribution is -2.50. The fourth-order valence-electron chi connectivity index (χ4n) is 5.30. The van der Waals surface area contributed by atoms with E-state index in [9.17, 15) is 14.7 Å². The summed E-state index contributed by atoms with van der Waals surface area (Å²) in [4.78, 5) is 26.3. The van der Waals surface area contributed by atoms with Gasteiger partial charge in [-0.1, -0.05) is 24.3 Å². The molecule has 0 aliphatic carbocycles. The molecule has 10 nitrogen and oxygen atoms in total. The molecule has 1 aromatic heterocycles. The van der Waals surface area contributed by atoms with E-state index in [1.165, 1.54) is 6.07 Å². The van der Waals surface area contributed by atoms with Crippen LogP contribution in [0, 0.1) is 6.92 Å². The summed E-state index contributed by atoms with van der Waals surface area (Å²) in [5.74, 6) is 0.0953. The summed E-state index contributed by atoms with van der Waals surface area (Å²) in [5.41, 5.74) is 11.6. The van der Waals surface area contributed by atoms with Crippen LogP contribution in [0.15, 0.2) is 45.6 Å². The number of aryl methyl sites for hydroxylation is 1. The lowest BCUT2D eigenvalue weighted by molar-refractivity contribution is -0.167. The van der Waals surface area contributed by atoms with Gasteiger partial charge in [-0.2, -0.15) is 0 Å². The summed E-state index contributed by atoms with van der Waals surface area (Å²) >= 11 is 0. The Morgan fingerprint density at radius 3 is 2.74 bits per heavy atom. The molecule has 0 radical (unpaired) electrons. The van der Waals surface area contributed by atoms with Gasteiger partial charge in [-0.25, -0.2) is 4.79 Å². The zero-order valence-electron chi connectivity index (χ0n) is 22.6. The molecule has 3 aromatic rings. The number of benzene rings is 2. The zero-order chi connectivity index (χ0) is 28.1. The Kier molecular flexibility index (Phi) is 6.92. The molecule has 2 aliphatic heterocycles. The molecule has 0 saturated carbocycles. The molecule has 10 heteroatoms. The first kappa shape index (κ1) is 27.1. The Labute approximate surface area is 226 Å². The second kappa shape index (κ2) is 9.95. The number of nitrogens with two attached hydrogens (primary N) is 2. The van der Waals surface area contributed by atoms with E-state index < -0.39 is 29.4 Å². The third-order valence-corrected chi connectivity index (χ3v) is 7.63. The van der Waals surface area contributed by atoms with Crippen LogP contribution < -0.4 is 26.9 Å². The monoisotopic (exact) mass is 537 g/mol. The standard InChI is InChI=1S/C29H35N3O7/c1-15-10-19(33)24-21(36-15)14-20-18(25(24)34)13-22(28(2,3)38-20)37-27(35)29(8-9-32-4)23(39-29)12-16-6-5-7-17(11-16)26(30)31/h5-7,10-11,14,22-23,26,32,34H,8-9,12-13,30-31H2,1-4H3. The van der Waals surface area contributed by atoms with E-state index >= 15 is 0 Å². The number of carbonyl (C=O) groups excluding carboxylic acids is 1. The number of esters is 1. The van der Waals surface area contributed by atoms with Crippen LogP contribution in [0.3, 0.4) is 0 Å². The molecule has 3 unspecified atom stereocenters. The fraction of sp³-hybridized carbons (Fsp3) is 0.448. The molecule has 2 aliphatic rings. The first-order valence-corrected chi connectivity index (χ1v) is 13.1. The molecule has 3 heterocycles. The molecule has 3 atom stereocenters. The summed E-state index contributed by atoms with van der Waals surface area (Å²) in [6, 6.07) is 10.5. The van der Waals surface area contributed by atoms with Crippen LogP contribution in [0.25, 0.3) is 11.0 Å². The maximum absolute atomic E-state index is 13.7. The summed E-state index contributed by atoms with van der Waals surface area (Å²) < 4.78 is 24.0. The first-order valence-electron chi connectivity index (χ1n) is 13.1. The van der Waals surface area contributed by atoms with Crippen LogP contribution in [-0.4, -0.2) is 48.1 Å². The molecule has 5 rings (SSSR count). The summed E-state index contributed by atoms with van der Waals surface area (Å²) in [5, 5.41) is 14.2. The van der Waals surface area contributed by atoms with E-state index in [1.54, 1.807) is 13.0 Å². The van der Waals surface area contributed by atoms with Crippen molar-refractivity contribution in [2.45, 2.75) is 69.6 Å². The predicted molar refractivity (Wildman–Crippen MR) is 145 cm³/mol. The Bertz CT molecular complexity index is 1480. The summed E-state index contributed by atoms with van der Waals surface area (Å²) in [6.07, 6.45) is -0.643. The number of hydrogen-bond acceptors (Lipinski definition) is 10. The Balaban J connectivity index is 1.39. The van der Waals surface area contributed by atoms with Crippen molar-refractivity contribution in [1.29, 1.82) is 0 Å². The lowest BCUT2D eigenvalue weighted by Gasteiger charge is -2.39. The van der Waals surface area contributed by atoms with Gasteiger partial charge in [0, 0.05) is 37.0 Å². The minimum absolute atomic E-state index is 0.0724. The number of ether oxygens (including phenoxy) is 3. The zero-order valence-corrected chi connectivity index (χ0v) is 22.6. The average molecular weight is 538 g/mol. The third-order valence-electron chi connectivity index (χ3n) is 7.63. The number of hydrogen-bond donors (Lipinski definition) is 4. The van der Waals surface area contributed by atoms with Gasteiger partial charge >= 0.3 is 5.97 Å². The molecule has 2 aromatic carbocycles. The molecule has 0 amide bonds. The lowest BCUT2D eigenvalue weighted by atomic mass is 9.89. The van der Waals surface area contributed by atoms with E-state index in [2.05, 4.69) is 5.32 Å². The van der Waals surface area contributed by atoms with Crippen molar-refractivity contribution in [1.82, 2.24) is 5.32 Å². The number of fused-ring (bicyclic) bond motifs is 2. The van der Waals surface area contributed by atoms with Crippen molar-refractivity contribution in [3.8, 4) is 11.5 Å². The number of carbonyl (C=O) groups is 1. The molecule has 6 N–H and O–H groups in total. The maximum atomic E-state index is 13.7. The van der Waals surface area contributed by atoms with Crippen LogP contribution in [0.1, 0.15) is 48.9 Å². The first-order chi connectivity index (χ1) is 18.4. The molecular formula is C29H35N3O7. The van der Waals surface area contributed by atoms with Gasteiger partial charge < -0.3 is 40.5 Å². The van der Waals surface area contributed by atoms with E-state index in [1.807, 2.05) is 45.2 Å². The van der Waals surface area contributed by atoms with Crippen molar-refractivity contribution in [3.05, 3.63) is 69.1 Å². The Hall–Kier alpha value is -3.44. The highest BCUT2D eigenvalue weighted by Gasteiger charge is 2.63. The van der Waals surface area contributed by atoms with Crippen LogP contribution >= 0.6 is 0 Å². The van der Waals surface area contributed by atoms with Crippen molar-refractivity contribution in [3.63, 3.8) is 0 Å². The molecule has 1 saturated heterocycles. The molecular weight excluding hydrogens is 502 g/mol. The number of rotatable bonds is 8. The van der Waals surface area contributed by atoms with Crippen LogP contribution in [0.2, 0.25) is 0 Å². The van der Waals surface area contributed by atoms with Gasteiger partial charge in [0.05, 0.1) is 6.17 Å².